The number of fused-ring (bicyclic) bond motifs is 1. The van der Waals surface area contributed by atoms with Gasteiger partial charge in [0.2, 0.25) is 15.9 Å². The number of rotatable bonds is 9. The summed E-state index contributed by atoms with van der Waals surface area (Å²) in [7, 11) is -3.90. The Morgan fingerprint density at radius 2 is 1.65 bits per heavy atom. The fourth-order valence-corrected chi connectivity index (χ4v) is 6.37. The van der Waals surface area contributed by atoms with Crippen LogP contribution in [0.3, 0.4) is 0 Å². The predicted octanol–water partition coefficient (Wildman–Crippen LogP) is 5.23. The van der Waals surface area contributed by atoms with Gasteiger partial charge in [-0.15, -0.1) is 0 Å². The van der Waals surface area contributed by atoms with Crippen molar-refractivity contribution >= 4 is 38.9 Å². The highest BCUT2D eigenvalue weighted by atomic mass is 32.2. The number of Topliss-reactive ketones (excluding diaryl/α,β-unsaturated/α-hetero) is 1. The molecule has 1 amide bonds. The van der Waals surface area contributed by atoms with Gasteiger partial charge < -0.3 is 16.0 Å². The van der Waals surface area contributed by atoms with E-state index in [9.17, 15) is 18.0 Å². The van der Waals surface area contributed by atoms with Crippen molar-refractivity contribution in [2.24, 2.45) is 21.8 Å². The third kappa shape index (κ3) is 7.50. The Kier molecular flexibility index (Phi) is 10.4. The quantitative estimate of drug-likeness (QED) is 0.285. The van der Waals surface area contributed by atoms with Crippen LogP contribution in [0, 0.1) is 5.92 Å². The van der Waals surface area contributed by atoms with Gasteiger partial charge in [-0.3, -0.25) is 14.6 Å². The number of ketones is 1. The lowest BCUT2D eigenvalue weighted by Crippen LogP contribution is -2.45. The normalized spacial score (nSPS) is 17.5. The number of unbranched alkanes of at least 4 members (excludes halogenated alkanes) is 3. The molecule has 10 heteroatoms. The summed E-state index contributed by atoms with van der Waals surface area (Å²) in [4.78, 5) is 32.2. The number of carbonyl (C=O) groups is 2. The van der Waals surface area contributed by atoms with Gasteiger partial charge >= 0.3 is 0 Å². The molecular formula is C33H41N5O4S. The number of primary sulfonamides is 1. The molecule has 5 rings (SSSR count). The number of carbonyl (C=O) groups excluding carboxylic acids is 2. The van der Waals surface area contributed by atoms with E-state index in [1.807, 2.05) is 23.1 Å². The van der Waals surface area contributed by atoms with Crippen molar-refractivity contribution in [3.8, 4) is 11.1 Å². The van der Waals surface area contributed by atoms with Gasteiger partial charge in [-0.25, -0.2) is 13.6 Å². The number of amides is 1. The first-order chi connectivity index (χ1) is 20.5. The Hall–Kier alpha value is -4.02. The van der Waals surface area contributed by atoms with Gasteiger partial charge in [0.05, 0.1) is 11.4 Å². The first-order valence-electron chi connectivity index (χ1n) is 14.8. The number of nitrogens with one attached hydrogen (secondary N) is 1. The lowest BCUT2D eigenvalue weighted by Gasteiger charge is -2.28. The van der Waals surface area contributed by atoms with E-state index in [1.54, 1.807) is 42.5 Å². The van der Waals surface area contributed by atoms with E-state index >= 15 is 0 Å². The number of anilines is 2. The van der Waals surface area contributed by atoms with E-state index in [0.717, 1.165) is 16.8 Å². The van der Waals surface area contributed by atoms with Crippen LogP contribution in [0.25, 0.3) is 11.1 Å². The summed E-state index contributed by atoms with van der Waals surface area (Å²) in [5, 5.41) is 8.29. The summed E-state index contributed by atoms with van der Waals surface area (Å²) in [6.07, 6.45) is 6.10. The average molecular weight is 604 g/mol. The van der Waals surface area contributed by atoms with Crippen LogP contribution >= 0.6 is 0 Å². The number of aliphatic imine (C=N–C) groups is 1. The lowest BCUT2D eigenvalue weighted by molar-refractivity contribution is -0.125. The molecule has 0 bridgehead atoms. The molecule has 2 aliphatic rings. The lowest BCUT2D eigenvalue weighted by atomic mass is 9.95. The third-order valence-corrected chi connectivity index (χ3v) is 8.89. The summed E-state index contributed by atoms with van der Waals surface area (Å²) in [6, 6.07) is 18.4. The SMILES string of the molecule is CC(=O)C1CCN(c2ccc3c(c2)C(N)=NC3)C1C(=O)Nc1ccc(-c2ccccc2S(N)(=O)=O)cc1.CCCCCC. The molecule has 2 unspecified atom stereocenters. The van der Waals surface area contributed by atoms with Crippen molar-refractivity contribution in [1.82, 2.24) is 0 Å². The Morgan fingerprint density at radius 1 is 0.977 bits per heavy atom. The first kappa shape index (κ1) is 31.9. The molecule has 0 aromatic heterocycles. The fourth-order valence-electron chi connectivity index (χ4n) is 5.61. The molecule has 1 saturated heterocycles. The van der Waals surface area contributed by atoms with Crippen molar-refractivity contribution in [3.05, 3.63) is 77.9 Å². The summed E-state index contributed by atoms with van der Waals surface area (Å²) in [6.45, 7) is 7.07. The molecule has 1 fully saturated rings. The largest absolute Gasteiger partial charge is 0.383 e. The second kappa shape index (κ2) is 14.0. The Balaban J connectivity index is 0.000000641. The monoisotopic (exact) mass is 603 g/mol. The molecule has 3 aromatic carbocycles. The summed E-state index contributed by atoms with van der Waals surface area (Å²) in [5.74, 6) is -0.304. The van der Waals surface area contributed by atoms with Crippen LogP contribution in [-0.2, 0) is 26.2 Å². The van der Waals surface area contributed by atoms with Crippen LogP contribution in [-0.4, -0.2) is 38.5 Å². The zero-order valence-corrected chi connectivity index (χ0v) is 25.9. The van der Waals surface area contributed by atoms with Gasteiger partial charge in [0.15, 0.2) is 0 Å². The molecule has 228 valence electrons. The Bertz CT molecular complexity index is 1600. The minimum absolute atomic E-state index is 0.0257. The summed E-state index contributed by atoms with van der Waals surface area (Å²) >= 11 is 0. The summed E-state index contributed by atoms with van der Waals surface area (Å²) in [5.41, 5.74) is 10.4. The molecule has 0 aliphatic carbocycles. The highest BCUT2D eigenvalue weighted by molar-refractivity contribution is 7.89. The highest BCUT2D eigenvalue weighted by Crippen LogP contribution is 2.34. The number of nitrogens with two attached hydrogens (primary N) is 2. The van der Waals surface area contributed by atoms with E-state index in [2.05, 4.69) is 24.2 Å². The maximum absolute atomic E-state index is 13.5. The number of hydrogen-bond donors (Lipinski definition) is 3. The molecule has 0 radical (unpaired) electrons. The van der Waals surface area contributed by atoms with Gasteiger partial charge in [0.25, 0.3) is 0 Å². The Morgan fingerprint density at radius 3 is 2.28 bits per heavy atom. The van der Waals surface area contributed by atoms with E-state index in [4.69, 9.17) is 10.9 Å². The van der Waals surface area contributed by atoms with E-state index in [0.29, 0.717) is 42.2 Å². The van der Waals surface area contributed by atoms with E-state index < -0.39 is 22.0 Å². The first-order valence-corrected chi connectivity index (χ1v) is 16.3. The van der Waals surface area contributed by atoms with Crippen molar-refractivity contribution < 1.29 is 18.0 Å². The topological polar surface area (TPSA) is 148 Å². The molecule has 2 aliphatic heterocycles. The zero-order chi connectivity index (χ0) is 31.1. The molecule has 0 spiro atoms. The Labute approximate surface area is 254 Å². The number of hydrogen-bond acceptors (Lipinski definition) is 7. The minimum Gasteiger partial charge on any atom is -0.383 e. The van der Waals surface area contributed by atoms with Crippen LogP contribution in [0.1, 0.15) is 64.0 Å². The molecule has 9 nitrogen and oxygen atoms in total. The van der Waals surface area contributed by atoms with Crippen LogP contribution in [0.15, 0.2) is 76.6 Å². The maximum atomic E-state index is 13.5. The van der Waals surface area contributed by atoms with Gasteiger partial charge in [-0.05, 0) is 54.8 Å². The van der Waals surface area contributed by atoms with Crippen LogP contribution in [0.4, 0.5) is 11.4 Å². The second-order valence-corrected chi connectivity index (χ2v) is 12.5. The van der Waals surface area contributed by atoms with Crippen LogP contribution in [0.5, 0.6) is 0 Å². The summed E-state index contributed by atoms with van der Waals surface area (Å²) < 4.78 is 24.0. The maximum Gasteiger partial charge on any atom is 0.247 e. The second-order valence-electron chi connectivity index (χ2n) is 11.0. The average Bonchev–Trinajstić information content (AvgIpc) is 3.60. The predicted molar refractivity (Wildman–Crippen MR) is 172 cm³/mol. The van der Waals surface area contributed by atoms with Gasteiger partial charge in [-0.1, -0.05) is 75.9 Å². The standard InChI is InChI=1S/C27H27N5O4S.C6H14/c1-16(33)21-12-13-32(20-11-8-18-15-30-26(28)23(18)14-20)25(21)27(34)31-19-9-6-17(7-10-19)22-4-2-3-5-24(22)37(29,35)36;1-3-5-6-4-2/h2-11,14,21,25H,12-13,15H2,1H3,(H2,28,30)(H,31,34)(H2,29,35,36);3-6H2,1-2H3. The fraction of sp³-hybridized carbons (Fsp3) is 0.364. The van der Waals surface area contributed by atoms with Crippen LogP contribution < -0.4 is 21.1 Å². The molecule has 3 aromatic rings. The van der Waals surface area contributed by atoms with Crippen molar-refractivity contribution in [3.63, 3.8) is 0 Å². The number of benzene rings is 3. The molecule has 2 atom stereocenters. The van der Waals surface area contributed by atoms with Gasteiger partial charge in [0.1, 0.15) is 17.7 Å². The van der Waals surface area contributed by atoms with Crippen LogP contribution in [0.2, 0.25) is 0 Å². The number of amidine groups is 1. The molecular weight excluding hydrogens is 562 g/mol. The number of sulfonamides is 1. The minimum atomic E-state index is -3.90. The molecule has 5 N–H and O–H groups in total. The van der Waals surface area contributed by atoms with Crippen molar-refractivity contribution in [2.45, 2.75) is 70.4 Å². The van der Waals surface area contributed by atoms with E-state index in [-0.39, 0.29) is 16.6 Å². The van der Waals surface area contributed by atoms with Crippen molar-refractivity contribution in [2.75, 3.05) is 16.8 Å². The van der Waals surface area contributed by atoms with Crippen molar-refractivity contribution in [1.29, 1.82) is 0 Å². The molecule has 2 heterocycles. The molecule has 43 heavy (non-hydrogen) atoms. The third-order valence-electron chi connectivity index (χ3n) is 7.92. The van der Waals surface area contributed by atoms with Gasteiger partial charge in [0, 0.05) is 35.0 Å². The number of nitrogens with zero attached hydrogens (tertiary/aromatic N) is 2. The smallest absolute Gasteiger partial charge is 0.247 e. The van der Waals surface area contributed by atoms with E-state index in [1.165, 1.54) is 38.7 Å². The van der Waals surface area contributed by atoms with Gasteiger partial charge in [-0.2, -0.15) is 0 Å². The highest BCUT2D eigenvalue weighted by Gasteiger charge is 2.42. The zero-order valence-electron chi connectivity index (χ0n) is 25.0. The molecule has 0 saturated carbocycles.